The first-order chi connectivity index (χ1) is 6.99. The number of alkyl halides is 1. The first-order valence-corrected chi connectivity index (χ1v) is 5.52. The highest BCUT2D eigenvalue weighted by Gasteiger charge is 2.30. The molecule has 0 aliphatic carbocycles. The Kier molecular flexibility index (Phi) is 6.32. The molecule has 0 aliphatic rings. The largest absolute Gasteiger partial charge is 0.481 e. The Balaban J connectivity index is 4.38. The summed E-state index contributed by atoms with van der Waals surface area (Å²) in [7, 11) is 0. The van der Waals surface area contributed by atoms with E-state index in [2.05, 4.69) is 0 Å². The van der Waals surface area contributed by atoms with Crippen molar-refractivity contribution < 1.29 is 19.4 Å². The standard InChI is InChI=1S/C10H17ClO4/c1-3-10(4-2,5-6-11)15-9(14)7-8(12)13/h3-7H2,1-2H3,(H,12,13). The van der Waals surface area contributed by atoms with E-state index in [-0.39, 0.29) is 0 Å². The summed E-state index contributed by atoms with van der Waals surface area (Å²) < 4.78 is 5.18. The average Bonchev–Trinajstić information content (AvgIpc) is 2.15. The minimum absolute atomic E-state index is 0.391. The van der Waals surface area contributed by atoms with Gasteiger partial charge in [-0.05, 0) is 12.8 Å². The number of halogens is 1. The van der Waals surface area contributed by atoms with E-state index in [1.54, 1.807) is 0 Å². The lowest BCUT2D eigenvalue weighted by Crippen LogP contribution is -2.35. The Bertz CT molecular complexity index is 223. The molecule has 0 rings (SSSR count). The second-order valence-corrected chi connectivity index (χ2v) is 3.75. The Morgan fingerprint density at radius 1 is 1.33 bits per heavy atom. The second-order valence-electron chi connectivity index (χ2n) is 3.37. The van der Waals surface area contributed by atoms with E-state index in [4.69, 9.17) is 21.4 Å². The summed E-state index contributed by atoms with van der Waals surface area (Å²) in [4.78, 5) is 21.5. The summed E-state index contributed by atoms with van der Waals surface area (Å²) in [6, 6.07) is 0. The summed E-state index contributed by atoms with van der Waals surface area (Å²) in [5, 5.41) is 8.43. The third-order valence-electron chi connectivity index (χ3n) is 2.46. The van der Waals surface area contributed by atoms with Crippen molar-refractivity contribution in [3.8, 4) is 0 Å². The van der Waals surface area contributed by atoms with Crippen LogP contribution in [-0.4, -0.2) is 28.5 Å². The lowest BCUT2D eigenvalue weighted by Gasteiger charge is -2.30. The Hall–Kier alpha value is -0.770. The molecule has 15 heavy (non-hydrogen) atoms. The van der Waals surface area contributed by atoms with Crippen LogP contribution in [0.5, 0.6) is 0 Å². The molecule has 1 N–H and O–H groups in total. The fourth-order valence-corrected chi connectivity index (χ4v) is 1.72. The maximum atomic E-state index is 11.2. The van der Waals surface area contributed by atoms with Gasteiger partial charge in [-0.25, -0.2) is 0 Å². The average molecular weight is 237 g/mol. The highest BCUT2D eigenvalue weighted by atomic mass is 35.5. The maximum Gasteiger partial charge on any atom is 0.317 e. The van der Waals surface area contributed by atoms with Gasteiger partial charge in [0.05, 0.1) is 0 Å². The molecule has 5 heteroatoms. The molecule has 0 heterocycles. The zero-order valence-corrected chi connectivity index (χ0v) is 9.84. The SMILES string of the molecule is CCC(CC)(CCCl)OC(=O)CC(=O)O. The molecular formula is C10H17ClO4. The molecule has 0 atom stereocenters. The summed E-state index contributed by atoms with van der Waals surface area (Å²) in [5.41, 5.74) is -0.603. The molecule has 0 aromatic heterocycles. The van der Waals surface area contributed by atoms with Gasteiger partial charge in [-0.2, -0.15) is 0 Å². The summed E-state index contributed by atoms with van der Waals surface area (Å²) in [5.74, 6) is -1.48. The third kappa shape index (κ3) is 5.02. The van der Waals surface area contributed by atoms with Crippen LogP contribution in [0.25, 0.3) is 0 Å². The van der Waals surface area contributed by atoms with E-state index < -0.39 is 24.0 Å². The van der Waals surface area contributed by atoms with Crippen molar-refractivity contribution in [2.75, 3.05) is 5.88 Å². The minimum Gasteiger partial charge on any atom is -0.481 e. The predicted molar refractivity (Wildman–Crippen MR) is 57.0 cm³/mol. The number of carboxylic acid groups (broad SMARTS) is 1. The van der Waals surface area contributed by atoms with Crippen LogP contribution < -0.4 is 0 Å². The van der Waals surface area contributed by atoms with Crippen LogP contribution in [0.1, 0.15) is 39.5 Å². The number of hydrogen-bond acceptors (Lipinski definition) is 3. The van der Waals surface area contributed by atoms with Crippen LogP contribution >= 0.6 is 11.6 Å². The van der Waals surface area contributed by atoms with Crippen LogP contribution in [0.3, 0.4) is 0 Å². The number of carbonyl (C=O) groups excluding carboxylic acids is 1. The molecule has 0 aromatic carbocycles. The molecule has 0 saturated heterocycles. The number of aliphatic carboxylic acids is 1. The predicted octanol–water partition coefficient (Wildman–Crippen LogP) is 2.19. The van der Waals surface area contributed by atoms with E-state index in [1.165, 1.54) is 0 Å². The maximum absolute atomic E-state index is 11.2. The number of rotatable bonds is 7. The second kappa shape index (κ2) is 6.67. The fraction of sp³-hybridized carbons (Fsp3) is 0.800. The molecule has 0 bridgehead atoms. The van der Waals surface area contributed by atoms with Gasteiger partial charge in [0.1, 0.15) is 12.0 Å². The van der Waals surface area contributed by atoms with Crippen LogP contribution in [0.4, 0.5) is 0 Å². The molecule has 0 radical (unpaired) electrons. The number of carboxylic acids is 1. The lowest BCUT2D eigenvalue weighted by atomic mass is 9.94. The van der Waals surface area contributed by atoms with Crippen molar-refractivity contribution in [2.24, 2.45) is 0 Å². The number of ether oxygens (including phenoxy) is 1. The van der Waals surface area contributed by atoms with Gasteiger partial charge in [0.15, 0.2) is 0 Å². The summed E-state index contributed by atoms with van der Waals surface area (Å²) >= 11 is 5.62. The summed E-state index contributed by atoms with van der Waals surface area (Å²) in [6.07, 6.45) is 1.24. The molecule has 88 valence electrons. The minimum atomic E-state index is -1.17. The van der Waals surface area contributed by atoms with Crippen molar-refractivity contribution in [2.45, 2.75) is 45.1 Å². The number of hydrogen-bond donors (Lipinski definition) is 1. The van der Waals surface area contributed by atoms with E-state index in [0.29, 0.717) is 25.1 Å². The van der Waals surface area contributed by atoms with Crippen LogP contribution in [-0.2, 0) is 14.3 Å². The summed E-state index contributed by atoms with van der Waals surface area (Å²) in [6.45, 7) is 3.79. The zero-order chi connectivity index (χ0) is 11.9. The smallest absolute Gasteiger partial charge is 0.317 e. The molecule has 0 unspecified atom stereocenters. The first-order valence-electron chi connectivity index (χ1n) is 4.99. The van der Waals surface area contributed by atoms with Crippen molar-refractivity contribution in [3.05, 3.63) is 0 Å². The van der Waals surface area contributed by atoms with Crippen molar-refractivity contribution in [3.63, 3.8) is 0 Å². The molecular weight excluding hydrogens is 220 g/mol. The normalized spacial score (nSPS) is 11.1. The molecule has 0 aliphatic heterocycles. The van der Waals surface area contributed by atoms with Gasteiger partial charge in [0.2, 0.25) is 0 Å². The highest BCUT2D eigenvalue weighted by Crippen LogP contribution is 2.25. The topological polar surface area (TPSA) is 63.6 Å². The zero-order valence-electron chi connectivity index (χ0n) is 9.09. The van der Waals surface area contributed by atoms with Gasteiger partial charge in [0, 0.05) is 12.3 Å². The third-order valence-corrected chi connectivity index (χ3v) is 2.65. The highest BCUT2D eigenvalue weighted by molar-refractivity contribution is 6.17. The van der Waals surface area contributed by atoms with Crippen molar-refractivity contribution in [1.29, 1.82) is 0 Å². The van der Waals surface area contributed by atoms with E-state index in [9.17, 15) is 9.59 Å². The van der Waals surface area contributed by atoms with Gasteiger partial charge in [-0.15, -0.1) is 11.6 Å². The molecule has 0 fully saturated rings. The van der Waals surface area contributed by atoms with E-state index >= 15 is 0 Å². The van der Waals surface area contributed by atoms with Gasteiger partial charge in [-0.1, -0.05) is 13.8 Å². The van der Waals surface area contributed by atoms with Gasteiger partial charge in [-0.3, -0.25) is 9.59 Å². The first kappa shape index (κ1) is 14.2. The van der Waals surface area contributed by atoms with Gasteiger partial charge in [0.25, 0.3) is 0 Å². The number of carbonyl (C=O) groups is 2. The van der Waals surface area contributed by atoms with E-state index in [1.807, 2.05) is 13.8 Å². The van der Waals surface area contributed by atoms with Crippen molar-refractivity contribution >= 4 is 23.5 Å². The molecule has 4 nitrogen and oxygen atoms in total. The molecule has 0 saturated carbocycles. The Labute approximate surface area is 94.6 Å². The van der Waals surface area contributed by atoms with Crippen LogP contribution in [0.15, 0.2) is 0 Å². The van der Waals surface area contributed by atoms with Gasteiger partial charge >= 0.3 is 11.9 Å². The lowest BCUT2D eigenvalue weighted by molar-refractivity contribution is -0.164. The molecule has 0 aromatic rings. The fourth-order valence-electron chi connectivity index (χ4n) is 1.37. The molecule has 0 spiro atoms. The Morgan fingerprint density at radius 3 is 2.20 bits per heavy atom. The van der Waals surface area contributed by atoms with E-state index in [0.717, 1.165) is 0 Å². The van der Waals surface area contributed by atoms with Gasteiger partial charge < -0.3 is 9.84 Å². The van der Waals surface area contributed by atoms with Crippen molar-refractivity contribution in [1.82, 2.24) is 0 Å². The Morgan fingerprint density at radius 2 is 1.87 bits per heavy atom. The van der Waals surface area contributed by atoms with Crippen LogP contribution in [0, 0.1) is 0 Å². The number of esters is 1. The van der Waals surface area contributed by atoms with Crippen LogP contribution in [0.2, 0.25) is 0 Å². The quantitative estimate of drug-likeness (QED) is 0.418. The monoisotopic (exact) mass is 236 g/mol. The molecule has 0 amide bonds.